The molecule has 2 saturated heterocycles. The van der Waals surface area contributed by atoms with Gasteiger partial charge in [-0.1, -0.05) is 92.5 Å². The molecule has 16 heteroatoms. The maximum absolute atomic E-state index is 14.6. The molecule has 2 heterocycles. The van der Waals surface area contributed by atoms with Crippen LogP contribution in [0.3, 0.4) is 0 Å². The molecule has 338 valence electrons. The molecule has 1 N–H and O–H groups in total. The molecule has 20 atom stereocenters. The van der Waals surface area contributed by atoms with Crippen LogP contribution < -0.4 is 0 Å². The van der Waals surface area contributed by atoms with E-state index in [0.717, 1.165) is 17.6 Å². The van der Waals surface area contributed by atoms with Crippen LogP contribution in [-0.2, 0) is 42.8 Å². The molecule has 10 aliphatic rings. The van der Waals surface area contributed by atoms with E-state index in [-0.39, 0.29) is 58.0 Å². The van der Waals surface area contributed by atoms with Crippen molar-refractivity contribution in [1.29, 1.82) is 0 Å². The van der Waals surface area contributed by atoms with Crippen molar-refractivity contribution < 1.29 is 69.0 Å². The second-order valence-corrected chi connectivity index (χ2v) is 23.5. The van der Waals surface area contributed by atoms with Crippen molar-refractivity contribution in [2.24, 2.45) is 92.7 Å². The molecular formula is C45H59F3O12S. The van der Waals surface area contributed by atoms with Crippen LogP contribution in [0.15, 0.2) is 23.3 Å². The van der Waals surface area contributed by atoms with Gasteiger partial charge >= 0.3 is 27.9 Å². The first-order valence-corrected chi connectivity index (χ1v) is 23.3. The van der Waals surface area contributed by atoms with E-state index >= 15 is 0 Å². The van der Waals surface area contributed by atoms with Crippen molar-refractivity contribution in [2.45, 2.75) is 137 Å². The van der Waals surface area contributed by atoms with E-state index in [1.54, 1.807) is 13.0 Å². The van der Waals surface area contributed by atoms with Crippen molar-refractivity contribution in [2.75, 3.05) is 0 Å². The Morgan fingerprint density at radius 3 is 1.51 bits per heavy atom. The van der Waals surface area contributed by atoms with Gasteiger partial charge in [0.2, 0.25) is 0 Å². The number of ketones is 2. The lowest BCUT2D eigenvalue weighted by atomic mass is 9.58. The third-order valence-corrected chi connectivity index (χ3v) is 20.2. The summed E-state index contributed by atoms with van der Waals surface area (Å²) >= 11 is 0. The lowest BCUT2D eigenvalue weighted by molar-refractivity contribution is -0.154. The third kappa shape index (κ3) is 4.83. The van der Waals surface area contributed by atoms with E-state index in [1.807, 2.05) is 48.5 Å². The highest BCUT2D eigenvalue weighted by molar-refractivity contribution is 7.87. The zero-order valence-electron chi connectivity index (χ0n) is 36.8. The van der Waals surface area contributed by atoms with Crippen molar-refractivity contribution >= 4 is 34.0 Å². The van der Waals surface area contributed by atoms with Crippen LogP contribution in [0.4, 0.5) is 22.8 Å². The molecule has 2 aliphatic heterocycles. The van der Waals surface area contributed by atoms with Gasteiger partial charge < -0.3 is 24.1 Å². The lowest BCUT2D eigenvalue weighted by Gasteiger charge is -2.47. The highest BCUT2D eigenvalue weighted by Crippen LogP contribution is 2.76. The van der Waals surface area contributed by atoms with Crippen LogP contribution in [0, 0.1) is 92.7 Å². The topological polar surface area (TPSA) is 169 Å². The minimum Gasteiger partial charge on any atom is -0.426 e. The van der Waals surface area contributed by atoms with E-state index in [1.165, 1.54) is 6.92 Å². The fourth-order valence-corrected chi connectivity index (χ4v) is 16.5. The summed E-state index contributed by atoms with van der Waals surface area (Å²) in [4.78, 5) is 53.7. The summed E-state index contributed by atoms with van der Waals surface area (Å²) in [5.74, 6) is -3.96. The zero-order valence-corrected chi connectivity index (χ0v) is 37.6. The van der Waals surface area contributed by atoms with Gasteiger partial charge in [0.1, 0.15) is 0 Å². The molecule has 12 nitrogen and oxygen atoms in total. The third-order valence-electron chi connectivity index (χ3n) is 19.2. The average Bonchev–Trinajstić information content (AvgIpc) is 3.57. The van der Waals surface area contributed by atoms with Gasteiger partial charge in [0.15, 0.2) is 35.0 Å². The number of rotatable bonds is 2. The molecular weight excluding hydrogens is 822 g/mol. The molecule has 0 amide bonds. The molecule has 4 spiro atoms. The number of carbonyl (C=O) groups excluding carboxylic acids is 4. The van der Waals surface area contributed by atoms with Crippen LogP contribution in [0.2, 0.25) is 0 Å². The number of aliphatic hydroxyl groups is 1. The minimum atomic E-state index is -6.02. The predicted molar refractivity (Wildman–Crippen MR) is 209 cm³/mol. The molecule has 0 aromatic heterocycles. The standard InChI is InChI=1S/C23H29F3O7S.C22H30O5/c1-9-8-21-10(2)7-13-15(20(13,5)6)14(17(21)27)16(33-34(29,30)23(24,25)26)11(3)18-22(21,12(9)4)32-19(28)31-18;1-9-8-21-10(2)7-13-15(20(13,5)6)14(17(21)24)16(23)11(3)18-22(21,12(9)4)27-19(25)26-18/h8,10-16,18H,7H2,1-6H3;8,10-16,18,23H,7H2,1-6H3/t2*10-,11+,12+,13-,14-,15-,16-,18-,21+,22-/m11/s1. The SMILES string of the molecule is CC1=C[C@]23C(=O)[C@@H]([C@H](O)[C@H](C)[C@H]4OC(=O)O[C@]42[C@H]1C)[C@H]1[C@@H](C[C@H]3C)C1(C)C.CC1=C[C@]23C(=O)[C@@H]([C@H](OS(=O)(=O)C(F)(F)F)[C@H](C)[C@H]4OC(=O)O[C@]42[C@H]1C)[C@H]1[C@@H](C[C@H]3C)C1(C)C. The normalized spacial score (nSPS) is 52.7. The Morgan fingerprint density at radius 2 is 1.08 bits per heavy atom. The van der Waals surface area contributed by atoms with E-state index in [0.29, 0.717) is 12.3 Å². The van der Waals surface area contributed by atoms with Gasteiger partial charge in [0.25, 0.3) is 0 Å². The van der Waals surface area contributed by atoms with Crippen LogP contribution in [-0.4, -0.2) is 78.5 Å². The summed E-state index contributed by atoms with van der Waals surface area (Å²) in [6, 6.07) is 0. The van der Waals surface area contributed by atoms with Crippen LogP contribution in [0.1, 0.15) is 95.9 Å². The fraction of sp³-hybridized carbons (Fsp3) is 0.822. The van der Waals surface area contributed by atoms with Crippen LogP contribution >= 0.6 is 0 Å². The highest BCUT2D eigenvalue weighted by atomic mass is 32.2. The van der Waals surface area contributed by atoms with E-state index in [2.05, 4.69) is 26.8 Å². The van der Waals surface area contributed by atoms with Crippen LogP contribution in [0.25, 0.3) is 0 Å². The van der Waals surface area contributed by atoms with Gasteiger partial charge in [-0.3, -0.25) is 13.8 Å². The maximum Gasteiger partial charge on any atom is 0.523 e. The number of carbonyl (C=O) groups is 4. The zero-order chi connectivity index (χ0) is 45.1. The van der Waals surface area contributed by atoms with Crippen molar-refractivity contribution in [3.63, 3.8) is 0 Å². The number of aliphatic hydroxyl groups excluding tert-OH is 1. The number of halogens is 3. The Morgan fingerprint density at radius 1 is 0.689 bits per heavy atom. The van der Waals surface area contributed by atoms with Gasteiger partial charge in [-0.05, 0) is 73.0 Å². The molecule has 10 rings (SSSR count). The van der Waals surface area contributed by atoms with Gasteiger partial charge in [-0.25, -0.2) is 9.59 Å². The quantitative estimate of drug-likeness (QED) is 0.125. The summed E-state index contributed by atoms with van der Waals surface area (Å²) in [5, 5.41) is 11.3. The summed E-state index contributed by atoms with van der Waals surface area (Å²) in [5.41, 5.74) is -8.86. The minimum absolute atomic E-state index is 0.0149. The number of alkyl halides is 3. The van der Waals surface area contributed by atoms with E-state index in [9.17, 15) is 45.9 Å². The van der Waals surface area contributed by atoms with Crippen molar-refractivity contribution in [3.8, 4) is 0 Å². The van der Waals surface area contributed by atoms with Gasteiger partial charge in [-0.2, -0.15) is 21.6 Å². The second-order valence-electron chi connectivity index (χ2n) is 22.0. The Labute approximate surface area is 355 Å². The Kier molecular flexibility index (Phi) is 8.81. The van der Waals surface area contributed by atoms with Crippen LogP contribution in [0.5, 0.6) is 0 Å². The summed E-state index contributed by atoms with van der Waals surface area (Å²) in [7, 11) is -6.02. The maximum atomic E-state index is 14.6. The monoisotopic (exact) mass is 880 g/mol. The average molecular weight is 881 g/mol. The molecule has 6 saturated carbocycles. The molecule has 0 aromatic carbocycles. The smallest absolute Gasteiger partial charge is 0.426 e. The highest BCUT2D eigenvalue weighted by Gasteiger charge is 2.83. The number of hydrogen-bond acceptors (Lipinski definition) is 12. The first kappa shape index (κ1) is 43.3. The fourth-order valence-electron chi connectivity index (χ4n) is 15.8. The number of ether oxygens (including phenoxy) is 4. The number of fused-ring (bicyclic) bond motifs is 6. The van der Waals surface area contributed by atoms with E-state index in [4.69, 9.17) is 23.1 Å². The Balaban J connectivity index is 0.000000160. The van der Waals surface area contributed by atoms with Gasteiger partial charge in [0.05, 0.1) is 29.0 Å². The first-order chi connectivity index (χ1) is 28.0. The number of hydrogen-bond donors (Lipinski definition) is 1. The van der Waals surface area contributed by atoms with E-state index < -0.39 is 104 Å². The second kappa shape index (κ2) is 12.4. The summed E-state index contributed by atoms with van der Waals surface area (Å²) in [6.07, 6.45) is -0.606. The molecule has 0 unspecified atom stereocenters. The summed E-state index contributed by atoms with van der Waals surface area (Å²) in [6.45, 7) is 23.4. The molecule has 4 bridgehead atoms. The molecule has 0 radical (unpaired) electrons. The largest absolute Gasteiger partial charge is 0.523 e. The Hall–Kier alpha value is -2.98. The lowest BCUT2D eigenvalue weighted by Crippen LogP contribution is -2.61. The Bertz CT molecular complexity index is 2200. The molecule has 0 aromatic rings. The predicted octanol–water partition coefficient (Wildman–Crippen LogP) is 7.58. The molecule has 61 heavy (non-hydrogen) atoms. The van der Waals surface area contributed by atoms with Gasteiger partial charge in [-0.15, -0.1) is 0 Å². The first-order valence-electron chi connectivity index (χ1n) is 21.9. The molecule has 8 aliphatic carbocycles. The molecule has 8 fully saturated rings. The van der Waals surface area contributed by atoms with Gasteiger partial charge in [0, 0.05) is 29.6 Å². The number of Topliss-reactive ketones (excluding diaryl/α,β-unsaturated/α-hetero) is 2. The van der Waals surface area contributed by atoms with Crippen molar-refractivity contribution in [1.82, 2.24) is 0 Å². The van der Waals surface area contributed by atoms with Crippen molar-refractivity contribution in [3.05, 3.63) is 23.3 Å². The summed E-state index contributed by atoms with van der Waals surface area (Å²) < 4.78 is 92.5.